The van der Waals surface area contributed by atoms with Crippen molar-refractivity contribution in [3.05, 3.63) is 24.3 Å². The van der Waals surface area contributed by atoms with Gasteiger partial charge in [-0.25, -0.2) is 0 Å². The maximum Gasteiger partial charge on any atom is 0.306 e. The molecular formula is C18H24O3. The van der Waals surface area contributed by atoms with Gasteiger partial charge in [0.1, 0.15) is 0 Å². The number of hydrogen-bond acceptors (Lipinski definition) is 3. The van der Waals surface area contributed by atoms with E-state index >= 15 is 0 Å². The number of rotatable bonds is 8. The summed E-state index contributed by atoms with van der Waals surface area (Å²) in [4.78, 5) is 11.3. The van der Waals surface area contributed by atoms with Crippen LogP contribution in [0.3, 0.4) is 0 Å². The van der Waals surface area contributed by atoms with Gasteiger partial charge in [-0.15, -0.1) is 12.3 Å². The molecule has 0 aliphatic heterocycles. The standard InChI is InChI=1S/C18H24O3/c1-4-13-17(19)14-11-9-7-5-6-8-10-12-15-18(20)21-16(2)3/h1,7,9,11,14,16-17,19H,8,10,12-13,15H2,2-3H3/t17-/m1/s1. The van der Waals surface area contributed by atoms with Crippen LogP contribution in [-0.2, 0) is 9.53 Å². The maximum atomic E-state index is 11.3. The third-order valence-corrected chi connectivity index (χ3v) is 2.35. The molecule has 0 aliphatic rings. The fourth-order valence-electron chi connectivity index (χ4n) is 1.42. The van der Waals surface area contributed by atoms with E-state index in [1.165, 1.54) is 0 Å². The Balaban J connectivity index is 3.67. The van der Waals surface area contributed by atoms with Crippen molar-refractivity contribution < 1.29 is 14.6 Å². The van der Waals surface area contributed by atoms with Gasteiger partial charge in [0, 0.05) is 19.3 Å². The van der Waals surface area contributed by atoms with E-state index < -0.39 is 6.10 Å². The van der Waals surface area contributed by atoms with Crippen LogP contribution in [0.1, 0.15) is 46.0 Å². The number of carbonyl (C=O) groups excluding carboxylic acids is 1. The molecule has 0 unspecified atom stereocenters. The monoisotopic (exact) mass is 288 g/mol. The molecule has 21 heavy (non-hydrogen) atoms. The number of unbranched alkanes of at least 4 members (excludes halogenated alkanes) is 2. The molecule has 0 rings (SSSR count). The predicted molar refractivity (Wildman–Crippen MR) is 85.2 cm³/mol. The SMILES string of the molecule is C#CC[C@@H](O)C=CC=CC#CCCCCC(=O)OC(C)C. The first-order valence-corrected chi connectivity index (χ1v) is 7.19. The summed E-state index contributed by atoms with van der Waals surface area (Å²) in [5.74, 6) is 8.12. The van der Waals surface area contributed by atoms with Gasteiger partial charge in [0.05, 0.1) is 12.2 Å². The first-order valence-electron chi connectivity index (χ1n) is 7.19. The summed E-state index contributed by atoms with van der Waals surface area (Å²) in [6, 6.07) is 0. The predicted octanol–water partition coefficient (Wildman–Crippen LogP) is 3.00. The summed E-state index contributed by atoms with van der Waals surface area (Å²) < 4.78 is 5.03. The van der Waals surface area contributed by atoms with E-state index in [0.717, 1.165) is 19.3 Å². The van der Waals surface area contributed by atoms with Gasteiger partial charge >= 0.3 is 5.97 Å². The Hall–Kier alpha value is -1.97. The normalized spacial score (nSPS) is 12.1. The molecule has 0 heterocycles. The molecule has 0 aromatic rings. The molecule has 0 amide bonds. The first kappa shape index (κ1) is 19.0. The Kier molecular flexibility index (Phi) is 11.8. The average Bonchev–Trinajstić information content (AvgIpc) is 2.40. The molecule has 0 aromatic heterocycles. The maximum absolute atomic E-state index is 11.3. The van der Waals surface area contributed by atoms with Crippen LogP contribution in [0.5, 0.6) is 0 Å². The van der Waals surface area contributed by atoms with E-state index in [2.05, 4.69) is 17.8 Å². The number of esters is 1. The third-order valence-electron chi connectivity index (χ3n) is 2.35. The van der Waals surface area contributed by atoms with Crippen molar-refractivity contribution in [3.8, 4) is 24.2 Å². The van der Waals surface area contributed by atoms with Crippen molar-refractivity contribution in [3.63, 3.8) is 0 Å². The molecule has 0 saturated heterocycles. The van der Waals surface area contributed by atoms with E-state index in [-0.39, 0.29) is 12.1 Å². The van der Waals surface area contributed by atoms with Crippen LogP contribution in [0, 0.1) is 24.2 Å². The Morgan fingerprint density at radius 1 is 1.33 bits per heavy atom. The minimum atomic E-state index is -0.599. The largest absolute Gasteiger partial charge is 0.463 e. The highest BCUT2D eigenvalue weighted by molar-refractivity contribution is 5.69. The number of aliphatic hydroxyl groups is 1. The number of allylic oxidation sites excluding steroid dienone is 3. The minimum absolute atomic E-state index is 0.0466. The first-order chi connectivity index (χ1) is 10.1. The third kappa shape index (κ3) is 14.3. The second-order valence-electron chi connectivity index (χ2n) is 4.79. The van der Waals surface area contributed by atoms with Crippen LogP contribution in [-0.4, -0.2) is 23.3 Å². The zero-order valence-electron chi connectivity index (χ0n) is 12.8. The number of aliphatic hydroxyl groups excluding tert-OH is 1. The number of ether oxygens (including phenoxy) is 1. The minimum Gasteiger partial charge on any atom is -0.463 e. The van der Waals surface area contributed by atoms with Crippen molar-refractivity contribution in [2.75, 3.05) is 0 Å². The smallest absolute Gasteiger partial charge is 0.306 e. The zero-order valence-corrected chi connectivity index (χ0v) is 12.8. The van der Waals surface area contributed by atoms with Gasteiger partial charge in [0.15, 0.2) is 0 Å². The van der Waals surface area contributed by atoms with E-state index in [1.54, 1.807) is 24.3 Å². The van der Waals surface area contributed by atoms with Crippen molar-refractivity contribution in [2.24, 2.45) is 0 Å². The van der Waals surface area contributed by atoms with Crippen LogP contribution < -0.4 is 0 Å². The van der Waals surface area contributed by atoms with Crippen molar-refractivity contribution in [1.82, 2.24) is 0 Å². The quantitative estimate of drug-likeness (QED) is 0.323. The molecule has 3 heteroatoms. The highest BCUT2D eigenvalue weighted by Crippen LogP contribution is 2.02. The second kappa shape index (κ2) is 13.0. The van der Waals surface area contributed by atoms with Gasteiger partial charge in [-0.3, -0.25) is 4.79 Å². The lowest BCUT2D eigenvalue weighted by Crippen LogP contribution is -2.10. The highest BCUT2D eigenvalue weighted by Gasteiger charge is 2.03. The average molecular weight is 288 g/mol. The van der Waals surface area contributed by atoms with Crippen LogP contribution in [0.2, 0.25) is 0 Å². The summed E-state index contributed by atoms with van der Waals surface area (Å²) in [5, 5.41) is 9.31. The lowest BCUT2D eigenvalue weighted by molar-refractivity contribution is -0.147. The van der Waals surface area contributed by atoms with Crippen molar-refractivity contribution in [2.45, 2.75) is 58.2 Å². The van der Waals surface area contributed by atoms with Gasteiger partial charge in [-0.05, 0) is 32.8 Å². The molecule has 0 fully saturated rings. The molecule has 0 aromatic carbocycles. The van der Waals surface area contributed by atoms with Gasteiger partial charge in [-0.2, -0.15) is 0 Å². The second-order valence-corrected chi connectivity index (χ2v) is 4.79. The summed E-state index contributed by atoms with van der Waals surface area (Å²) in [7, 11) is 0. The summed E-state index contributed by atoms with van der Waals surface area (Å²) >= 11 is 0. The van der Waals surface area contributed by atoms with Crippen molar-refractivity contribution in [1.29, 1.82) is 0 Å². The molecule has 0 saturated carbocycles. The van der Waals surface area contributed by atoms with Crippen LogP contribution in [0.4, 0.5) is 0 Å². The zero-order chi connectivity index (χ0) is 15.9. The van der Waals surface area contributed by atoms with E-state index in [1.807, 2.05) is 13.8 Å². The Bertz CT molecular complexity index is 441. The molecule has 0 bridgehead atoms. The molecule has 1 N–H and O–H groups in total. The molecule has 0 spiro atoms. The Labute approximate surface area is 128 Å². The van der Waals surface area contributed by atoms with E-state index in [0.29, 0.717) is 12.8 Å². The molecule has 1 atom stereocenters. The summed E-state index contributed by atoms with van der Waals surface area (Å²) in [6.45, 7) is 3.69. The molecule has 3 nitrogen and oxygen atoms in total. The summed E-state index contributed by atoms with van der Waals surface area (Å²) in [6.07, 6.45) is 14.4. The summed E-state index contributed by atoms with van der Waals surface area (Å²) in [5.41, 5.74) is 0. The molecule has 0 aliphatic carbocycles. The molecule has 114 valence electrons. The Morgan fingerprint density at radius 3 is 2.76 bits per heavy atom. The Morgan fingerprint density at radius 2 is 2.10 bits per heavy atom. The molecule has 0 radical (unpaired) electrons. The van der Waals surface area contributed by atoms with Crippen LogP contribution in [0.15, 0.2) is 24.3 Å². The van der Waals surface area contributed by atoms with Gasteiger partial charge in [0.25, 0.3) is 0 Å². The van der Waals surface area contributed by atoms with Gasteiger partial charge in [0.2, 0.25) is 0 Å². The highest BCUT2D eigenvalue weighted by atomic mass is 16.5. The van der Waals surface area contributed by atoms with Gasteiger partial charge < -0.3 is 9.84 Å². The lowest BCUT2D eigenvalue weighted by Gasteiger charge is -2.06. The fraction of sp³-hybridized carbons (Fsp3) is 0.500. The topological polar surface area (TPSA) is 46.5 Å². The lowest BCUT2D eigenvalue weighted by atomic mass is 10.2. The van der Waals surface area contributed by atoms with E-state index in [9.17, 15) is 9.90 Å². The number of hydrogen-bond donors (Lipinski definition) is 1. The fourth-order valence-corrected chi connectivity index (χ4v) is 1.42. The van der Waals surface area contributed by atoms with Crippen molar-refractivity contribution >= 4 is 5.97 Å². The number of carbonyl (C=O) groups is 1. The van der Waals surface area contributed by atoms with Gasteiger partial charge in [-0.1, -0.05) is 30.1 Å². The molecular weight excluding hydrogens is 264 g/mol. The van der Waals surface area contributed by atoms with Crippen LogP contribution >= 0.6 is 0 Å². The number of terminal acetylenes is 1. The van der Waals surface area contributed by atoms with Crippen LogP contribution in [0.25, 0.3) is 0 Å². The van der Waals surface area contributed by atoms with E-state index in [4.69, 9.17) is 11.2 Å².